The van der Waals surface area contributed by atoms with Gasteiger partial charge in [0.15, 0.2) is 11.5 Å². The molecular formula is C30H26N2O6. The van der Waals surface area contributed by atoms with Crippen LogP contribution in [0.4, 0.5) is 0 Å². The summed E-state index contributed by atoms with van der Waals surface area (Å²) in [5, 5.41) is 13.3. The van der Waals surface area contributed by atoms with Crippen molar-refractivity contribution in [3.63, 3.8) is 0 Å². The molecule has 8 heteroatoms. The highest BCUT2D eigenvalue weighted by Crippen LogP contribution is 2.43. The van der Waals surface area contributed by atoms with Crippen LogP contribution in [0.5, 0.6) is 17.2 Å². The average Bonchev–Trinajstić information content (AvgIpc) is 3.21. The van der Waals surface area contributed by atoms with Crippen molar-refractivity contribution in [3.05, 3.63) is 101 Å². The van der Waals surface area contributed by atoms with Crippen molar-refractivity contribution in [3.8, 4) is 17.2 Å². The van der Waals surface area contributed by atoms with Gasteiger partial charge in [0.05, 0.1) is 32.9 Å². The van der Waals surface area contributed by atoms with Crippen molar-refractivity contribution in [1.29, 1.82) is 0 Å². The molecule has 1 unspecified atom stereocenters. The van der Waals surface area contributed by atoms with E-state index in [9.17, 15) is 14.7 Å². The third-order valence-electron chi connectivity index (χ3n) is 6.66. The molecule has 0 saturated carbocycles. The number of hydrogen-bond acceptors (Lipinski definition) is 7. The van der Waals surface area contributed by atoms with E-state index < -0.39 is 17.7 Å². The molecule has 0 radical (unpaired) electrons. The molecule has 192 valence electrons. The topological polar surface area (TPSA) is 98.2 Å². The molecule has 1 atom stereocenters. The van der Waals surface area contributed by atoms with E-state index in [1.165, 1.54) is 19.1 Å². The largest absolute Gasteiger partial charge is 0.507 e. The third-order valence-corrected chi connectivity index (χ3v) is 6.66. The number of aromatic nitrogens is 1. The number of methoxy groups -OCH3 is 3. The summed E-state index contributed by atoms with van der Waals surface area (Å²) < 4.78 is 16.1. The quantitative estimate of drug-likeness (QED) is 0.215. The van der Waals surface area contributed by atoms with Gasteiger partial charge in [-0.2, -0.15) is 0 Å². The van der Waals surface area contributed by atoms with Gasteiger partial charge in [0.2, 0.25) is 0 Å². The number of fused-ring (bicyclic) bond motifs is 1. The van der Waals surface area contributed by atoms with E-state index in [1.807, 2.05) is 30.3 Å². The third kappa shape index (κ3) is 4.41. The number of hydrogen-bond donors (Lipinski definition) is 1. The Bertz CT molecular complexity index is 1560. The number of aliphatic hydroxyl groups is 1. The fraction of sp³-hybridized carbons (Fsp3) is 0.167. The number of ether oxygens (including phenoxy) is 3. The van der Waals surface area contributed by atoms with E-state index in [0.717, 1.165) is 16.3 Å². The number of pyridine rings is 1. The van der Waals surface area contributed by atoms with Gasteiger partial charge in [-0.05, 0) is 58.3 Å². The van der Waals surface area contributed by atoms with E-state index in [4.69, 9.17) is 14.2 Å². The molecule has 0 aliphatic carbocycles. The molecule has 3 aromatic carbocycles. The summed E-state index contributed by atoms with van der Waals surface area (Å²) in [6.45, 7) is 0.131. The Morgan fingerprint density at radius 1 is 0.895 bits per heavy atom. The highest BCUT2D eigenvalue weighted by molar-refractivity contribution is 6.46. The minimum Gasteiger partial charge on any atom is -0.507 e. The van der Waals surface area contributed by atoms with Gasteiger partial charge in [-0.3, -0.25) is 14.6 Å². The van der Waals surface area contributed by atoms with Crippen LogP contribution in [-0.4, -0.2) is 48.0 Å². The predicted octanol–water partition coefficient (Wildman–Crippen LogP) is 4.88. The molecule has 4 aromatic rings. The van der Waals surface area contributed by atoms with Gasteiger partial charge >= 0.3 is 0 Å². The van der Waals surface area contributed by atoms with Gasteiger partial charge in [-0.1, -0.05) is 30.3 Å². The summed E-state index contributed by atoms with van der Waals surface area (Å²) in [5.74, 6) is -0.0674. The van der Waals surface area contributed by atoms with Crippen molar-refractivity contribution >= 4 is 28.2 Å². The molecule has 1 aliphatic heterocycles. The normalized spacial score (nSPS) is 16.6. The number of ketones is 1. The highest BCUT2D eigenvalue weighted by atomic mass is 16.5. The summed E-state index contributed by atoms with van der Waals surface area (Å²) in [6.07, 6.45) is 3.28. The van der Waals surface area contributed by atoms with Gasteiger partial charge in [0, 0.05) is 24.5 Å². The van der Waals surface area contributed by atoms with Crippen LogP contribution in [0.1, 0.15) is 22.7 Å². The number of rotatable bonds is 7. The van der Waals surface area contributed by atoms with Gasteiger partial charge in [0.1, 0.15) is 11.5 Å². The minimum atomic E-state index is -0.860. The zero-order valence-corrected chi connectivity index (χ0v) is 21.2. The maximum atomic E-state index is 13.4. The number of Topliss-reactive ketones (excluding diaryl/α,β-unsaturated/α-hetero) is 1. The zero-order valence-electron chi connectivity index (χ0n) is 21.2. The van der Waals surface area contributed by atoms with Crippen LogP contribution in [0.25, 0.3) is 16.5 Å². The second-order valence-electron chi connectivity index (χ2n) is 8.83. The zero-order chi connectivity index (χ0) is 26.8. The first-order valence-corrected chi connectivity index (χ1v) is 11.9. The Balaban J connectivity index is 1.67. The predicted molar refractivity (Wildman–Crippen MR) is 142 cm³/mol. The number of carbonyl (C=O) groups is 2. The van der Waals surface area contributed by atoms with Crippen molar-refractivity contribution in [2.24, 2.45) is 0 Å². The average molecular weight is 511 g/mol. The lowest BCUT2D eigenvalue weighted by molar-refractivity contribution is -0.140. The second-order valence-corrected chi connectivity index (χ2v) is 8.83. The van der Waals surface area contributed by atoms with E-state index in [1.54, 1.807) is 55.9 Å². The first kappa shape index (κ1) is 24.8. The first-order chi connectivity index (χ1) is 18.4. The Morgan fingerprint density at radius 2 is 1.66 bits per heavy atom. The van der Waals surface area contributed by atoms with E-state index in [2.05, 4.69) is 4.98 Å². The van der Waals surface area contributed by atoms with Crippen LogP contribution in [0.2, 0.25) is 0 Å². The van der Waals surface area contributed by atoms with Crippen LogP contribution >= 0.6 is 0 Å². The maximum absolute atomic E-state index is 13.4. The summed E-state index contributed by atoms with van der Waals surface area (Å²) >= 11 is 0. The lowest BCUT2D eigenvalue weighted by Crippen LogP contribution is -2.29. The highest BCUT2D eigenvalue weighted by Gasteiger charge is 2.46. The molecule has 1 amide bonds. The lowest BCUT2D eigenvalue weighted by Gasteiger charge is -2.26. The smallest absolute Gasteiger partial charge is 0.295 e. The second kappa shape index (κ2) is 10.3. The molecule has 5 rings (SSSR count). The number of benzene rings is 3. The number of amides is 1. The fourth-order valence-electron chi connectivity index (χ4n) is 4.75. The Labute approximate surface area is 219 Å². The van der Waals surface area contributed by atoms with Crippen LogP contribution in [0.3, 0.4) is 0 Å². The van der Waals surface area contributed by atoms with Crippen molar-refractivity contribution in [1.82, 2.24) is 9.88 Å². The molecule has 1 N–H and O–H groups in total. The summed E-state index contributed by atoms with van der Waals surface area (Å²) in [6, 6.07) is 18.8. The molecule has 8 nitrogen and oxygen atoms in total. The monoisotopic (exact) mass is 510 g/mol. The van der Waals surface area contributed by atoms with E-state index in [-0.39, 0.29) is 17.9 Å². The lowest BCUT2D eigenvalue weighted by atomic mass is 9.94. The number of aliphatic hydroxyl groups excluding tert-OH is 1. The molecule has 0 bridgehead atoms. The first-order valence-electron chi connectivity index (χ1n) is 11.9. The maximum Gasteiger partial charge on any atom is 0.295 e. The molecule has 1 saturated heterocycles. The summed E-state index contributed by atoms with van der Waals surface area (Å²) in [7, 11) is 4.64. The van der Waals surface area contributed by atoms with Gasteiger partial charge in [-0.15, -0.1) is 0 Å². The molecule has 1 aromatic heterocycles. The van der Waals surface area contributed by atoms with Gasteiger partial charge in [-0.25, -0.2) is 0 Å². The standard InChI is InChI=1S/C30H26N2O6/c1-36-23-10-8-19-13-22(7-6-20(19)14-23)28(33)26-27(21-9-11-24(37-2)25(15-21)38-3)32(30(35)29(26)34)17-18-5-4-12-31-16-18/h4-16,27,33H,17H2,1-3H3/b28-26+. The molecule has 2 heterocycles. The van der Waals surface area contributed by atoms with Gasteiger partial charge in [0.25, 0.3) is 11.7 Å². The number of nitrogens with zero attached hydrogens (tertiary/aromatic N) is 2. The Kier molecular flexibility index (Phi) is 6.70. The Hall–Kier alpha value is -4.85. The molecular weight excluding hydrogens is 484 g/mol. The number of carbonyl (C=O) groups excluding carboxylic acids is 2. The van der Waals surface area contributed by atoms with E-state index in [0.29, 0.717) is 28.4 Å². The molecule has 0 spiro atoms. The summed E-state index contributed by atoms with van der Waals surface area (Å²) in [5.41, 5.74) is 1.77. The van der Waals surface area contributed by atoms with Crippen LogP contribution in [0, 0.1) is 0 Å². The van der Waals surface area contributed by atoms with Crippen molar-refractivity contribution < 1.29 is 28.9 Å². The SMILES string of the molecule is COc1ccc2cc(/C(O)=C3\C(=O)C(=O)N(Cc4cccnc4)C3c3ccc(OC)c(OC)c3)ccc2c1. The Morgan fingerprint density at radius 3 is 2.37 bits per heavy atom. The van der Waals surface area contributed by atoms with Crippen LogP contribution in [0.15, 0.2) is 84.7 Å². The van der Waals surface area contributed by atoms with E-state index >= 15 is 0 Å². The van der Waals surface area contributed by atoms with Crippen molar-refractivity contribution in [2.75, 3.05) is 21.3 Å². The molecule has 38 heavy (non-hydrogen) atoms. The minimum absolute atomic E-state index is 0.000952. The van der Waals surface area contributed by atoms with Crippen molar-refractivity contribution in [2.45, 2.75) is 12.6 Å². The molecule has 1 fully saturated rings. The van der Waals surface area contributed by atoms with Gasteiger partial charge < -0.3 is 24.2 Å². The molecule has 1 aliphatic rings. The summed E-state index contributed by atoms with van der Waals surface area (Å²) in [4.78, 5) is 32.3. The van der Waals surface area contributed by atoms with Crippen LogP contribution in [-0.2, 0) is 16.1 Å². The van der Waals surface area contributed by atoms with Crippen LogP contribution < -0.4 is 14.2 Å². The fourth-order valence-corrected chi connectivity index (χ4v) is 4.75. The number of likely N-dealkylation sites (tertiary alicyclic amines) is 1.